The van der Waals surface area contributed by atoms with Crippen molar-refractivity contribution >= 4 is 21.9 Å². The lowest BCUT2D eigenvalue weighted by Gasteiger charge is -2.13. The Morgan fingerprint density at radius 2 is 1.86 bits per heavy atom. The average molecular weight is 300 g/mol. The predicted octanol–water partition coefficient (Wildman–Crippen LogP) is 2.51. The summed E-state index contributed by atoms with van der Waals surface area (Å²) in [6.45, 7) is 7.84. The lowest BCUT2D eigenvalue weighted by molar-refractivity contribution is 0.554. The molecule has 3 rings (SSSR count). The highest BCUT2D eigenvalue weighted by Crippen LogP contribution is 2.36. The first-order valence-corrected chi connectivity index (χ1v) is 7.39. The van der Waals surface area contributed by atoms with Crippen molar-refractivity contribution in [1.82, 2.24) is 5.32 Å². The zero-order valence-electron chi connectivity index (χ0n) is 13.1. The zero-order valence-corrected chi connectivity index (χ0v) is 13.1. The first-order valence-electron chi connectivity index (χ1n) is 7.39. The van der Waals surface area contributed by atoms with Crippen LogP contribution in [-0.4, -0.2) is 13.1 Å². The highest BCUT2D eigenvalue weighted by atomic mass is 16.4. The number of nitrogens with two attached hydrogens (primary N) is 1. The molecule has 0 aliphatic carbocycles. The van der Waals surface area contributed by atoms with E-state index < -0.39 is 0 Å². The number of rotatable bonds is 4. The predicted molar refractivity (Wildman–Crippen MR) is 87.2 cm³/mol. The summed E-state index contributed by atoms with van der Waals surface area (Å²) in [6.07, 6.45) is 1.75. The molecule has 0 radical (unpaired) electrons. The van der Waals surface area contributed by atoms with E-state index in [0.29, 0.717) is 18.7 Å². The Balaban J connectivity index is 2.42. The summed E-state index contributed by atoms with van der Waals surface area (Å²) < 4.78 is 11.2. The van der Waals surface area contributed by atoms with Crippen molar-refractivity contribution < 1.29 is 8.83 Å². The molecule has 0 unspecified atom stereocenters. The van der Waals surface area contributed by atoms with E-state index in [1.165, 1.54) is 6.07 Å². The topological polar surface area (TPSA) is 81.4 Å². The molecule has 3 N–H and O–H groups in total. The van der Waals surface area contributed by atoms with E-state index in [0.717, 1.165) is 45.2 Å². The van der Waals surface area contributed by atoms with E-state index in [1.807, 2.05) is 20.8 Å². The Kier molecular flexibility index (Phi) is 3.76. The van der Waals surface area contributed by atoms with Crippen LogP contribution in [0.25, 0.3) is 21.9 Å². The van der Waals surface area contributed by atoms with Gasteiger partial charge in [0, 0.05) is 42.0 Å². The highest BCUT2D eigenvalue weighted by Gasteiger charge is 2.19. The molecule has 5 heteroatoms. The number of hydrogen-bond acceptors (Lipinski definition) is 5. The van der Waals surface area contributed by atoms with Crippen molar-refractivity contribution in [2.45, 2.75) is 27.3 Å². The van der Waals surface area contributed by atoms with Gasteiger partial charge >= 0.3 is 5.63 Å². The molecule has 116 valence electrons. The molecule has 0 atom stereocenters. The maximum absolute atomic E-state index is 11.7. The normalized spacial score (nSPS) is 11.6. The van der Waals surface area contributed by atoms with Crippen LogP contribution in [0.1, 0.15) is 22.3 Å². The van der Waals surface area contributed by atoms with Crippen molar-refractivity contribution in [3.63, 3.8) is 0 Å². The third-order valence-corrected chi connectivity index (χ3v) is 4.04. The Morgan fingerprint density at radius 3 is 2.59 bits per heavy atom. The Morgan fingerprint density at radius 1 is 1.14 bits per heavy atom. The first-order chi connectivity index (χ1) is 10.5. The molecule has 3 aromatic rings. The average Bonchev–Trinajstić information content (AvgIpc) is 2.85. The second-order valence-corrected chi connectivity index (χ2v) is 5.64. The summed E-state index contributed by atoms with van der Waals surface area (Å²) in [7, 11) is 0. The van der Waals surface area contributed by atoms with Crippen molar-refractivity contribution in [3.05, 3.63) is 45.0 Å². The molecule has 0 amide bonds. The van der Waals surface area contributed by atoms with Crippen LogP contribution in [0.4, 0.5) is 0 Å². The molecular formula is C17H20N2O3. The third-order valence-electron chi connectivity index (χ3n) is 4.04. The quantitative estimate of drug-likeness (QED) is 0.571. The first kappa shape index (κ1) is 14.8. The largest absolute Gasteiger partial charge is 0.464 e. The fourth-order valence-corrected chi connectivity index (χ4v) is 3.06. The van der Waals surface area contributed by atoms with Crippen LogP contribution < -0.4 is 16.7 Å². The number of aryl methyl sites for hydroxylation is 3. The van der Waals surface area contributed by atoms with E-state index in [9.17, 15) is 4.79 Å². The molecule has 2 aromatic heterocycles. The van der Waals surface area contributed by atoms with Gasteiger partial charge in [-0.15, -0.1) is 0 Å². The van der Waals surface area contributed by atoms with Crippen LogP contribution in [0.2, 0.25) is 0 Å². The van der Waals surface area contributed by atoms with Gasteiger partial charge in [-0.05, 0) is 37.5 Å². The summed E-state index contributed by atoms with van der Waals surface area (Å²) in [6, 6.07) is 1.54. The smallest absolute Gasteiger partial charge is 0.336 e. The summed E-state index contributed by atoms with van der Waals surface area (Å²) >= 11 is 0. The van der Waals surface area contributed by atoms with Gasteiger partial charge in [0.1, 0.15) is 11.2 Å². The molecule has 1 aromatic carbocycles. The van der Waals surface area contributed by atoms with Gasteiger partial charge in [0.15, 0.2) is 0 Å². The van der Waals surface area contributed by atoms with Crippen LogP contribution in [0, 0.1) is 20.8 Å². The number of furan rings is 1. The van der Waals surface area contributed by atoms with Gasteiger partial charge in [-0.3, -0.25) is 0 Å². The lowest BCUT2D eigenvalue weighted by Crippen LogP contribution is -2.22. The standard InChI is InChI=1S/C17H20N2O3/c1-9-6-13(20)22-17-11(3)16-15(10(2)8-21-16)12(14(9)17)7-19-5-4-18/h6,8,19H,4-5,7,18H2,1-3H3. The van der Waals surface area contributed by atoms with Crippen LogP contribution in [0.15, 0.2) is 26.0 Å². The van der Waals surface area contributed by atoms with Crippen molar-refractivity contribution in [2.75, 3.05) is 13.1 Å². The summed E-state index contributed by atoms with van der Waals surface area (Å²) in [5, 5.41) is 5.40. The molecule has 0 aliphatic heterocycles. The maximum atomic E-state index is 11.7. The Hall–Kier alpha value is -2.11. The molecule has 22 heavy (non-hydrogen) atoms. The Bertz CT molecular complexity index is 906. The van der Waals surface area contributed by atoms with Crippen molar-refractivity contribution in [2.24, 2.45) is 5.73 Å². The molecule has 0 fully saturated rings. The van der Waals surface area contributed by atoms with Crippen LogP contribution >= 0.6 is 0 Å². The summed E-state index contributed by atoms with van der Waals surface area (Å²) in [5.41, 5.74) is 10.6. The van der Waals surface area contributed by atoms with Gasteiger partial charge in [0.2, 0.25) is 0 Å². The van der Waals surface area contributed by atoms with E-state index in [4.69, 9.17) is 14.6 Å². The molecular weight excluding hydrogens is 280 g/mol. The summed E-state index contributed by atoms with van der Waals surface area (Å²) in [4.78, 5) is 11.7. The lowest BCUT2D eigenvalue weighted by atomic mass is 9.96. The van der Waals surface area contributed by atoms with Gasteiger partial charge in [0.25, 0.3) is 0 Å². The molecule has 0 bridgehead atoms. The van der Waals surface area contributed by atoms with Crippen LogP contribution in [0.5, 0.6) is 0 Å². The minimum absolute atomic E-state index is 0.336. The van der Waals surface area contributed by atoms with E-state index >= 15 is 0 Å². The maximum Gasteiger partial charge on any atom is 0.336 e. The SMILES string of the molecule is Cc1c2occ(C)c2c(CNCCN)c2c(C)cc(=O)oc12. The van der Waals surface area contributed by atoms with E-state index in [2.05, 4.69) is 5.32 Å². The molecule has 0 saturated carbocycles. The van der Waals surface area contributed by atoms with E-state index in [-0.39, 0.29) is 5.63 Å². The fraction of sp³-hybridized carbons (Fsp3) is 0.353. The van der Waals surface area contributed by atoms with Gasteiger partial charge < -0.3 is 19.9 Å². The minimum atomic E-state index is -0.336. The molecule has 2 heterocycles. The van der Waals surface area contributed by atoms with Gasteiger partial charge in [0.05, 0.1) is 6.26 Å². The minimum Gasteiger partial charge on any atom is -0.464 e. The van der Waals surface area contributed by atoms with E-state index in [1.54, 1.807) is 6.26 Å². The summed E-state index contributed by atoms with van der Waals surface area (Å²) in [5.74, 6) is 0. The molecule has 5 nitrogen and oxygen atoms in total. The van der Waals surface area contributed by atoms with Crippen LogP contribution in [-0.2, 0) is 6.54 Å². The Labute approximate surface area is 128 Å². The molecule has 0 spiro atoms. The monoisotopic (exact) mass is 300 g/mol. The molecule has 0 aliphatic rings. The van der Waals surface area contributed by atoms with Gasteiger partial charge in [-0.2, -0.15) is 0 Å². The number of fused-ring (bicyclic) bond motifs is 2. The van der Waals surface area contributed by atoms with Crippen LogP contribution in [0.3, 0.4) is 0 Å². The number of benzene rings is 1. The number of hydrogen-bond donors (Lipinski definition) is 2. The number of nitrogens with one attached hydrogen (secondary N) is 1. The molecule has 0 saturated heterocycles. The fourth-order valence-electron chi connectivity index (χ4n) is 3.06. The second kappa shape index (κ2) is 5.59. The third kappa shape index (κ3) is 2.23. The van der Waals surface area contributed by atoms with Gasteiger partial charge in [-0.25, -0.2) is 4.79 Å². The highest BCUT2D eigenvalue weighted by molar-refractivity contribution is 6.03. The second-order valence-electron chi connectivity index (χ2n) is 5.64. The van der Waals surface area contributed by atoms with Gasteiger partial charge in [-0.1, -0.05) is 0 Å². The van der Waals surface area contributed by atoms with Crippen molar-refractivity contribution in [3.8, 4) is 0 Å². The van der Waals surface area contributed by atoms with Crippen molar-refractivity contribution in [1.29, 1.82) is 0 Å². The zero-order chi connectivity index (χ0) is 15.9.